The summed E-state index contributed by atoms with van der Waals surface area (Å²) in [5.74, 6) is 0. The number of nitrogens with one attached hydrogen (secondary N) is 1. The van der Waals surface area contributed by atoms with Gasteiger partial charge in [0.05, 0.1) is 3.79 Å². The second-order valence-corrected chi connectivity index (χ2v) is 8.94. The molecular formula is C16H25BrN2S. The standard InChI is InChI=1S/C16H25BrN2S/c1-2-13-10-18-16(8-4-3-5-9-16)12-19(13)11-14-6-7-15(17)20-14/h6-7,13,18H,2-5,8-12H2,1H3. The van der Waals surface area contributed by atoms with Gasteiger partial charge in [-0.3, -0.25) is 4.90 Å². The quantitative estimate of drug-likeness (QED) is 0.863. The summed E-state index contributed by atoms with van der Waals surface area (Å²) in [5, 5.41) is 3.91. The van der Waals surface area contributed by atoms with Gasteiger partial charge in [0.15, 0.2) is 0 Å². The molecule has 0 bridgehead atoms. The molecule has 1 aliphatic heterocycles. The molecule has 1 aromatic heterocycles. The van der Waals surface area contributed by atoms with Crippen LogP contribution in [0.3, 0.4) is 0 Å². The van der Waals surface area contributed by atoms with E-state index >= 15 is 0 Å². The van der Waals surface area contributed by atoms with Gasteiger partial charge in [0, 0.05) is 36.1 Å². The van der Waals surface area contributed by atoms with Gasteiger partial charge in [0.2, 0.25) is 0 Å². The normalized spacial score (nSPS) is 27.0. The van der Waals surface area contributed by atoms with Gasteiger partial charge < -0.3 is 5.32 Å². The molecular weight excluding hydrogens is 332 g/mol. The number of piperazine rings is 1. The van der Waals surface area contributed by atoms with Crippen LogP contribution in [0.4, 0.5) is 0 Å². The van der Waals surface area contributed by atoms with Crippen molar-refractivity contribution in [3.05, 3.63) is 20.8 Å². The van der Waals surface area contributed by atoms with E-state index in [4.69, 9.17) is 0 Å². The second kappa shape index (κ2) is 6.47. The number of thiophene rings is 1. The van der Waals surface area contributed by atoms with Crippen LogP contribution < -0.4 is 5.32 Å². The van der Waals surface area contributed by atoms with Gasteiger partial charge in [0.25, 0.3) is 0 Å². The van der Waals surface area contributed by atoms with Crippen LogP contribution in [0.1, 0.15) is 50.3 Å². The zero-order valence-electron chi connectivity index (χ0n) is 12.3. The lowest BCUT2D eigenvalue weighted by Gasteiger charge is -2.49. The van der Waals surface area contributed by atoms with Crippen molar-refractivity contribution in [1.29, 1.82) is 0 Å². The first-order valence-corrected chi connectivity index (χ1v) is 9.55. The predicted molar refractivity (Wildman–Crippen MR) is 90.3 cm³/mol. The summed E-state index contributed by atoms with van der Waals surface area (Å²) in [6.45, 7) is 5.85. The van der Waals surface area contributed by atoms with Crippen molar-refractivity contribution >= 4 is 27.3 Å². The third-order valence-corrected chi connectivity index (χ3v) is 6.61. The summed E-state index contributed by atoms with van der Waals surface area (Å²) in [6, 6.07) is 5.15. The van der Waals surface area contributed by atoms with E-state index in [0.717, 1.165) is 6.54 Å². The second-order valence-electron chi connectivity index (χ2n) is 6.39. The SMILES string of the molecule is CCC1CNC2(CCCCC2)CN1Cc1ccc(Br)s1. The molecule has 1 spiro atoms. The minimum Gasteiger partial charge on any atom is -0.308 e. The molecule has 1 saturated carbocycles. The molecule has 4 heteroatoms. The van der Waals surface area contributed by atoms with Crippen LogP contribution in [0, 0.1) is 0 Å². The van der Waals surface area contributed by atoms with E-state index in [-0.39, 0.29) is 0 Å². The summed E-state index contributed by atoms with van der Waals surface area (Å²) in [5.41, 5.74) is 0.415. The minimum atomic E-state index is 0.415. The van der Waals surface area contributed by atoms with Crippen LogP contribution in [0.25, 0.3) is 0 Å². The fourth-order valence-electron chi connectivity index (χ4n) is 3.83. The highest BCUT2D eigenvalue weighted by Gasteiger charge is 2.39. The smallest absolute Gasteiger partial charge is 0.0701 e. The molecule has 1 aliphatic carbocycles. The Morgan fingerprint density at radius 1 is 1.35 bits per heavy atom. The van der Waals surface area contributed by atoms with Gasteiger partial charge in [-0.1, -0.05) is 26.2 Å². The Balaban J connectivity index is 1.71. The largest absolute Gasteiger partial charge is 0.308 e. The molecule has 2 nitrogen and oxygen atoms in total. The van der Waals surface area contributed by atoms with Crippen LogP contribution in [-0.4, -0.2) is 29.6 Å². The van der Waals surface area contributed by atoms with Crippen molar-refractivity contribution in [3.8, 4) is 0 Å². The van der Waals surface area contributed by atoms with E-state index in [1.165, 1.54) is 60.3 Å². The molecule has 0 radical (unpaired) electrons. The fraction of sp³-hybridized carbons (Fsp3) is 0.750. The Bertz CT molecular complexity index is 439. The topological polar surface area (TPSA) is 15.3 Å². The molecule has 1 atom stereocenters. The van der Waals surface area contributed by atoms with Gasteiger partial charge in [-0.2, -0.15) is 0 Å². The zero-order valence-corrected chi connectivity index (χ0v) is 14.7. The first-order valence-electron chi connectivity index (χ1n) is 7.94. The maximum atomic E-state index is 3.91. The third kappa shape index (κ3) is 3.29. The molecule has 0 aromatic carbocycles. The molecule has 1 saturated heterocycles. The summed E-state index contributed by atoms with van der Waals surface area (Å²) < 4.78 is 1.25. The molecule has 1 N–H and O–H groups in total. The van der Waals surface area contributed by atoms with Gasteiger partial charge in [-0.25, -0.2) is 0 Å². The van der Waals surface area contributed by atoms with Crippen LogP contribution in [0.15, 0.2) is 15.9 Å². The number of rotatable bonds is 3. The lowest BCUT2D eigenvalue weighted by Crippen LogP contribution is -2.64. The first-order chi connectivity index (χ1) is 9.71. The van der Waals surface area contributed by atoms with Crippen molar-refractivity contribution in [1.82, 2.24) is 10.2 Å². The van der Waals surface area contributed by atoms with E-state index < -0.39 is 0 Å². The molecule has 2 heterocycles. The van der Waals surface area contributed by atoms with E-state index in [1.807, 2.05) is 11.3 Å². The van der Waals surface area contributed by atoms with Crippen molar-refractivity contribution in [2.24, 2.45) is 0 Å². The predicted octanol–water partition coefficient (Wildman–Crippen LogP) is 4.40. The van der Waals surface area contributed by atoms with Gasteiger partial charge in [-0.15, -0.1) is 11.3 Å². The van der Waals surface area contributed by atoms with E-state index in [1.54, 1.807) is 0 Å². The third-order valence-electron chi connectivity index (χ3n) is 5.00. The van der Waals surface area contributed by atoms with Crippen molar-refractivity contribution in [2.75, 3.05) is 13.1 Å². The summed E-state index contributed by atoms with van der Waals surface area (Å²) in [4.78, 5) is 4.23. The van der Waals surface area contributed by atoms with Crippen LogP contribution in [0.2, 0.25) is 0 Å². The molecule has 112 valence electrons. The maximum absolute atomic E-state index is 3.91. The van der Waals surface area contributed by atoms with Gasteiger partial charge in [-0.05, 0) is 47.3 Å². The Hall–Kier alpha value is 0.1000. The molecule has 2 aliphatic rings. The number of hydrogen-bond acceptors (Lipinski definition) is 3. The van der Waals surface area contributed by atoms with E-state index in [0.29, 0.717) is 11.6 Å². The van der Waals surface area contributed by atoms with Crippen LogP contribution in [-0.2, 0) is 6.54 Å². The highest BCUT2D eigenvalue weighted by atomic mass is 79.9. The Labute approximate surface area is 135 Å². The number of halogens is 1. The minimum absolute atomic E-state index is 0.415. The zero-order chi connectivity index (χ0) is 14.0. The highest BCUT2D eigenvalue weighted by molar-refractivity contribution is 9.11. The highest BCUT2D eigenvalue weighted by Crippen LogP contribution is 2.33. The maximum Gasteiger partial charge on any atom is 0.0701 e. The van der Waals surface area contributed by atoms with Crippen LogP contribution >= 0.6 is 27.3 Å². The fourth-order valence-corrected chi connectivity index (χ4v) is 5.33. The molecule has 2 fully saturated rings. The van der Waals surface area contributed by atoms with E-state index in [9.17, 15) is 0 Å². The average molecular weight is 357 g/mol. The summed E-state index contributed by atoms with van der Waals surface area (Å²) in [7, 11) is 0. The Kier molecular flexibility index (Phi) is 4.86. The average Bonchev–Trinajstić information content (AvgIpc) is 2.85. The summed E-state index contributed by atoms with van der Waals surface area (Å²) >= 11 is 5.47. The van der Waals surface area contributed by atoms with Crippen molar-refractivity contribution in [3.63, 3.8) is 0 Å². The lowest BCUT2D eigenvalue weighted by atomic mass is 9.79. The molecule has 3 rings (SSSR count). The molecule has 1 unspecified atom stereocenters. The van der Waals surface area contributed by atoms with Gasteiger partial charge >= 0.3 is 0 Å². The Morgan fingerprint density at radius 3 is 2.80 bits per heavy atom. The number of nitrogens with zero attached hydrogens (tertiary/aromatic N) is 1. The number of hydrogen-bond donors (Lipinski definition) is 1. The molecule has 0 amide bonds. The summed E-state index contributed by atoms with van der Waals surface area (Å²) in [6.07, 6.45) is 8.22. The Morgan fingerprint density at radius 2 is 2.15 bits per heavy atom. The van der Waals surface area contributed by atoms with Crippen LogP contribution in [0.5, 0.6) is 0 Å². The lowest BCUT2D eigenvalue weighted by molar-refractivity contribution is 0.0491. The van der Waals surface area contributed by atoms with Crippen molar-refractivity contribution < 1.29 is 0 Å². The monoisotopic (exact) mass is 356 g/mol. The van der Waals surface area contributed by atoms with Crippen molar-refractivity contribution in [2.45, 2.75) is 63.6 Å². The first kappa shape index (κ1) is 15.0. The van der Waals surface area contributed by atoms with Gasteiger partial charge in [0.1, 0.15) is 0 Å². The molecule has 1 aromatic rings. The van der Waals surface area contributed by atoms with E-state index in [2.05, 4.69) is 45.2 Å². The molecule has 20 heavy (non-hydrogen) atoms.